The molecule has 2 aliphatic carbocycles. The lowest BCUT2D eigenvalue weighted by Crippen LogP contribution is -2.60. The summed E-state index contributed by atoms with van der Waals surface area (Å²) in [6.07, 6.45) is -12.3. The summed E-state index contributed by atoms with van der Waals surface area (Å²) in [4.78, 5) is 68.6. The Labute approximate surface area is 248 Å². The number of likely N-dealkylation sites (tertiary alicyclic amines) is 1. The van der Waals surface area contributed by atoms with E-state index in [0.717, 1.165) is 34.6 Å². The normalized spacial score (nSPS) is 40.3. The van der Waals surface area contributed by atoms with Gasteiger partial charge in [0.2, 0.25) is 11.7 Å². The lowest BCUT2D eigenvalue weighted by atomic mass is 9.75. The Morgan fingerprint density at radius 3 is 2.38 bits per heavy atom. The van der Waals surface area contributed by atoms with Crippen LogP contribution in [0.3, 0.4) is 0 Å². The van der Waals surface area contributed by atoms with Crippen molar-refractivity contribution in [3.8, 4) is 0 Å². The highest BCUT2D eigenvalue weighted by atomic mass is 16.2. The third kappa shape index (κ3) is 6.43. The number of amides is 3. The largest absolute Gasteiger partial charge is 0.334 e. The number of Topliss-reactive ketones (excluding diaryl/α,β-unsaturated/α-hetero) is 3. The first-order chi connectivity index (χ1) is 24.5. The Hall–Kier alpha value is -2.25. The van der Waals surface area contributed by atoms with Crippen LogP contribution < -0.4 is 10.6 Å². The molecule has 1 aliphatic heterocycles. The van der Waals surface area contributed by atoms with E-state index < -0.39 is 147 Å². The molecule has 3 fully saturated rings. The maximum absolute atomic E-state index is 14.6. The molecule has 5 atom stereocenters. The molecule has 1 unspecified atom stereocenters. The fraction of sp³-hybridized carbons (Fsp3) is 0.828. The molecule has 8 heteroatoms. The zero-order valence-electron chi connectivity index (χ0n) is 40.5. The zero-order chi connectivity index (χ0) is 44.4. The number of nitrogens with one attached hydrogen (secondary N) is 2. The summed E-state index contributed by atoms with van der Waals surface area (Å²) in [6, 6.07) is -5.60. The Morgan fingerprint density at radius 2 is 1.81 bits per heavy atom. The minimum atomic E-state index is -3.32. The number of urea groups is 1. The number of hydrogen-bond donors (Lipinski definition) is 2. The van der Waals surface area contributed by atoms with Gasteiger partial charge in [-0.3, -0.25) is 19.2 Å². The van der Waals surface area contributed by atoms with Crippen molar-refractivity contribution in [2.75, 3.05) is 6.54 Å². The molecule has 3 aliphatic rings. The number of piperidine rings is 1. The van der Waals surface area contributed by atoms with E-state index in [2.05, 4.69) is 10.6 Å². The molecule has 1 heterocycles. The number of rotatable bonds is 9. The van der Waals surface area contributed by atoms with E-state index in [-0.39, 0.29) is 0 Å². The van der Waals surface area contributed by atoms with Crippen LogP contribution >= 0.6 is 0 Å². The van der Waals surface area contributed by atoms with Gasteiger partial charge in [0.15, 0.2) is 11.6 Å². The highest BCUT2D eigenvalue weighted by Gasteiger charge is 2.69. The number of nitrogens with zero attached hydrogens (tertiary/aromatic N) is 1. The number of hydrogen-bond acceptors (Lipinski definition) is 5. The van der Waals surface area contributed by atoms with Crippen LogP contribution in [0.25, 0.3) is 0 Å². The number of ketones is 3. The Bertz CT molecular complexity index is 1610. The van der Waals surface area contributed by atoms with Gasteiger partial charge in [-0.05, 0) is 55.7 Å². The van der Waals surface area contributed by atoms with Gasteiger partial charge in [0.25, 0.3) is 0 Å². The molecule has 0 spiro atoms. The van der Waals surface area contributed by atoms with E-state index in [4.69, 9.17) is 26.0 Å². The van der Waals surface area contributed by atoms with Crippen LogP contribution in [-0.4, -0.2) is 58.4 Å². The Balaban J connectivity index is 2.20. The standard InChI is InChI=1S/C29H47N3O5/c1-16(33)23(35)18(13-17-11-10-12-17)14-20(34)22-21-19(29(21,8)9)15-32(22)25(36)24(27(2,3)4)30-26(37)31-28(5,6)7/h17-19,21-22,24H,10-15H2,1-9H3,(H2,30,31,37)/t18?,19-,21-,22+,24+/m0/s1/i2D3,5D3,8D3,9D3,10D2,11D2,12D2,17D. The van der Waals surface area contributed by atoms with Crippen LogP contribution in [0, 0.1) is 34.5 Å². The van der Waals surface area contributed by atoms with E-state index in [9.17, 15) is 24.0 Å². The van der Waals surface area contributed by atoms with E-state index in [0.29, 0.717) is 4.90 Å². The SMILES string of the molecule is [2H]C([2H])([2H])C(C)(C)NC(=O)N[C@H](C(=O)N1C[C@H]2[C@@H]([C@H]1C(=O)CC(CC1([2H])C([2H])([2H])C([2H])([2H])C1([2H])[2H])C(=O)C(C)=O)C2(C([2H])([2H])[2H])C([2H])([2H])[2H])C(C)(C)C([2H])([2H])[2H]. The highest BCUT2D eigenvalue weighted by Crippen LogP contribution is 2.65. The number of carbonyl (C=O) groups is 5. The molecule has 2 N–H and O–H groups in total. The van der Waals surface area contributed by atoms with E-state index in [1.165, 1.54) is 0 Å². The molecule has 0 radical (unpaired) electrons. The molecule has 208 valence electrons. The Morgan fingerprint density at radius 1 is 1.14 bits per heavy atom. The summed E-state index contributed by atoms with van der Waals surface area (Å²) in [5.74, 6) is -13.7. The maximum Gasteiger partial charge on any atom is 0.315 e. The van der Waals surface area contributed by atoms with E-state index in [1.54, 1.807) is 0 Å². The first-order valence-corrected chi connectivity index (χ1v) is 11.9. The van der Waals surface area contributed by atoms with Gasteiger partial charge in [0.1, 0.15) is 6.04 Å². The van der Waals surface area contributed by atoms with Crippen LogP contribution in [0.15, 0.2) is 0 Å². The third-order valence-corrected chi connectivity index (χ3v) is 6.83. The van der Waals surface area contributed by atoms with Gasteiger partial charge in [-0.25, -0.2) is 4.79 Å². The summed E-state index contributed by atoms with van der Waals surface area (Å²) in [7, 11) is 0. The van der Waals surface area contributed by atoms with Crippen molar-refractivity contribution < 1.29 is 50.0 Å². The minimum Gasteiger partial charge on any atom is -0.334 e. The van der Waals surface area contributed by atoms with Crippen LogP contribution in [0.2, 0.25) is 0 Å². The molecule has 3 amide bonds. The number of fused-ring (bicyclic) bond motifs is 1. The first-order valence-electron chi connectivity index (χ1n) is 21.4. The predicted octanol–water partition coefficient (Wildman–Crippen LogP) is 3.91. The second kappa shape index (κ2) is 10.1. The van der Waals surface area contributed by atoms with Crippen molar-refractivity contribution in [1.82, 2.24) is 15.5 Å². The zero-order valence-corrected chi connectivity index (χ0v) is 21.5. The summed E-state index contributed by atoms with van der Waals surface area (Å²) < 4.78 is 154. The summed E-state index contributed by atoms with van der Waals surface area (Å²) in [6.45, 7) is -8.27. The monoisotopic (exact) mass is 536 g/mol. The lowest BCUT2D eigenvalue weighted by Gasteiger charge is -2.38. The molecule has 3 rings (SSSR count). The van der Waals surface area contributed by atoms with Crippen molar-refractivity contribution in [2.24, 2.45) is 34.5 Å². The molecular weight excluding hydrogens is 470 g/mol. The van der Waals surface area contributed by atoms with Crippen molar-refractivity contribution in [3.05, 3.63) is 0 Å². The summed E-state index contributed by atoms with van der Waals surface area (Å²) in [5.41, 5.74) is -6.82. The first kappa shape index (κ1) is 12.7. The third-order valence-electron chi connectivity index (χ3n) is 6.83. The van der Waals surface area contributed by atoms with Crippen molar-refractivity contribution in [3.63, 3.8) is 0 Å². The number of carbonyl (C=O) groups excluding carboxylic acids is 5. The van der Waals surface area contributed by atoms with Gasteiger partial charge < -0.3 is 15.5 Å². The smallest absolute Gasteiger partial charge is 0.315 e. The van der Waals surface area contributed by atoms with Crippen molar-refractivity contribution >= 4 is 29.3 Å². The molecule has 0 aromatic carbocycles. The molecule has 0 aromatic heterocycles. The van der Waals surface area contributed by atoms with Gasteiger partial charge in [-0.15, -0.1) is 0 Å². The molecule has 0 bridgehead atoms. The van der Waals surface area contributed by atoms with Gasteiger partial charge in [0.05, 0.1) is 6.04 Å². The van der Waals surface area contributed by atoms with Crippen LogP contribution in [0.5, 0.6) is 0 Å². The maximum atomic E-state index is 14.6. The van der Waals surface area contributed by atoms with Crippen molar-refractivity contribution in [2.45, 2.75) is 112 Å². The van der Waals surface area contributed by atoms with Crippen LogP contribution in [0.4, 0.5) is 4.79 Å². The average Bonchev–Trinajstić information content (AvgIpc) is 3.51. The molecule has 8 nitrogen and oxygen atoms in total. The van der Waals surface area contributed by atoms with Gasteiger partial charge in [0, 0.05) is 57.4 Å². The van der Waals surface area contributed by atoms with Crippen LogP contribution in [-0.2, 0) is 19.2 Å². The van der Waals surface area contributed by atoms with Crippen LogP contribution in [0.1, 0.15) is 120 Å². The topological polar surface area (TPSA) is 113 Å². The van der Waals surface area contributed by atoms with Crippen molar-refractivity contribution in [1.29, 1.82) is 0 Å². The predicted molar refractivity (Wildman–Crippen MR) is 142 cm³/mol. The van der Waals surface area contributed by atoms with Gasteiger partial charge in [-0.2, -0.15) is 0 Å². The fourth-order valence-electron chi connectivity index (χ4n) is 4.91. The van der Waals surface area contributed by atoms with Gasteiger partial charge >= 0.3 is 6.03 Å². The summed E-state index contributed by atoms with van der Waals surface area (Å²) in [5, 5.41) is 4.30. The average molecular weight is 537 g/mol. The lowest BCUT2D eigenvalue weighted by molar-refractivity contribution is -0.144. The minimum absolute atomic E-state index is 0.646. The molecular formula is C29H47N3O5. The Kier molecular flexibility index (Phi) is 3.49. The van der Waals surface area contributed by atoms with E-state index >= 15 is 0 Å². The van der Waals surface area contributed by atoms with Gasteiger partial charge in [-0.1, -0.05) is 53.5 Å². The highest BCUT2D eigenvalue weighted by molar-refractivity contribution is 6.37. The quantitative estimate of drug-likeness (QED) is 0.434. The molecule has 37 heavy (non-hydrogen) atoms. The summed E-state index contributed by atoms with van der Waals surface area (Å²) >= 11 is 0. The second-order valence-electron chi connectivity index (χ2n) is 11.2. The van der Waals surface area contributed by atoms with E-state index in [1.807, 2.05) is 0 Å². The molecule has 0 aromatic rings. The second-order valence-corrected chi connectivity index (χ2v) is 11.2. The fourth-order valence-corrected chi connectivity index (χ4v) is 4.91. The molecule has 1 saturated heterocycles. The molecule has 2 saturated carbocycles.